The summed E-state index contributed by atoms with van der Waals surface area (Å²) in [6, 6.07) is 2.05. The molecule has 2 heterocycles. The first-order chi connectivity index (χ1) is 9.82. The van der Waals surface area contributed by atoms with Crippen molar-refractivity contribution in [3.63, 3.8) is 0 Å². The third-order valence-corrected chi connectivity index (χ3v) is 4.25. The van der Waals surface area contributed by atoms with Crippen molar-refractivity contribution in [3.05, 3.63) is 17.3 Å². The van der Waals surface area contributed by atoms with Crippen LogP contribution in [0.1, 0.15) is 32.6 Å². The SMILES string of the molecule is CCN(C(=O)CNc1ncnc2sc(C)cc12)C(C)(C)C. The Bertz CT molecular complexity index is 645. The highest BCUT2D eigenvalue weighted by Gasteiger charge is 2.24. The number of aryl methyl sites for hydroxylation is 1. The third kappa shape index (κ3) is 3.50. The summed E-state index contributed by atoms with van der Waals surface area (Å²) in [5, 5.41) is 4.13. The van der Waals surface area contributed by atoms with Crippen LogP contribution in [-0.2, 0) is 4.79 Å². The molecular formula is C15H22N4OS. The lowest BCUT2D eigenvalue weighted by atomic mass is 10.1. The summed E-state index contributed by atoms with van der Waals surface area (Å²) in [4.78, 5) is 24.9. The molecule has 1 N–H and O–H groups in total. The lowest BCUT2D eigenvalue weighted by Gasteiger charge is -2.35. The zero-order chi connectivity index (χ0) is 15.6. The maximum atomic E-state index is 12.4. The van der Waals surface area contributed by atoms with Crippen molar-refractivity contribution >= 4 is 33.3 Å². The fraction of sp³-hybridized carbons (Fsp3) is 0.533. The van der Waals surface area contributed by atoms with Gasteiger partial charge in [0.25, 0.3) is 0 Å². The number of carbonyl (C=O) groups is 1. The molecule has 0 atom stereocenters. The van der Waals surface area contributed by atoms with Crippen molar-refractivity contribution in [2.45, 2.75) is 40.2 Å². The molecule has 0 bridgehead atoms. The van der Waals surface area contributed by atoms with Crippen LogP contribution >= 0.6 is 11.3 Å². The number of fused-ring (bicyclic) bond motifs is 1. The van der Waals surface area contributed by atoms with E-state index in [0.29, 0.717) is 6.54 Å². The molecule has 0 aliphatic rings. The molecule has 0 aromatic carbocycles. The summed E-state index contributed by atoms with van der Waals surface area (Å²) in [7, 11) is 0. The molecule has 2 aromatic heterocycles. The lowest BCUT2D eigenvalue weighted by Crippen LogP contribution is -2.47. The van der Waals surface area contributed by atoms with Crippen LogP contribution in [0.3, 0.4) is 0 Å². The third-order valence-electron chi connectivity index (χ3n) is 3.29. The Hall–Kier alpha value is -1.69. The van der Waals surface area contributed by atoms with Crippen molar-refractivity contribution in [2.24, 2.45) is 0 Å². The topological polar surface area (TPSA) is 58.1 Å². The van der Waals surface area contributed by atoms with E-state index in [2.05, 4.69) is 15.3 Å². The first kappa shape index (κ1) is 15.7. The zero-order valence-electron chi connectivity index (χ0n) is 13.2. The molecule has 114 valence electrons. The highest BCUT2D eigenvalue weighted by atomic mass is 32.1. The van der Waals surface area contributed by atoms with Crippen LogP contribution in [0.5, 0.6) is 0 Å². The van der Waals surface area contributed by atoms with Gasteiger partial charge in [0.05, 0.1) is 11.9 Å². The van der Waals surface area contributed by atoms with E-state index in [-0.39, 0.29) is 18.0 Å². The first-order valence-corrected chi connectivity index (χ1v) is 7.90. The number of carbonyl (C=O) groups excluding carboxylic acids is 1. The number of thiophene rings is 1. The Morgan fingerprint density at radius 3 is 2.71 bits per heavy atom. The Balaban J connectivity index is 2.13. The zero-order valence-corrected chi connectivity index (χ0v) is 14.0. The quantitative estimate of drug-likeness (QED) is 0.943. The predicted octanol–water partition coefficient (Wildman–Crippen LogP) is 3.06. The molecule has 0 unspecified atom stereocenters. The van der Waals surface area contributed by atoms with E-state index < -0.39 is 0 Å². The maximum Gasteiger partial charge on any atom is 0.242 e. The standard InChI is InChI=1S/C15H22N4OS/c1-6-19(15(3,4)5)12(20)8-16-13-11-7-10(2)21-14(11)18-9-17-13/h7,9H,6,8H2,1-5H3,(H,16,17,18). The van der Waals surface area contributed by atoms with Crippen molar-refractivity contribution in [1.82, 2.24) is 14.9 Å². The molecular weight excluding hydrogens is 284 g/mol. The maximum absolute atomic E-state index is 12.4. The summed E-state index contributed by atoms with van der Waals surface area (Å²) in [6.45, 7) is 11.1. The molecule has 0 aliphatic carbocycles. The van der Waals surface area contributed by atoms with Crippen molar-refractivity contribution < 1.29 is 4.79 Å². The monoisotopic (exact) mass is 306 g/mol. The van der Waals surface area contributed by atoms with Crippen LogP contribution in [0.4, 0.5) is 5.82 Å². The normalized spacial score (nSPS) is 11.7. The van der Waals surface area contributed by atoms with Gasteiger partial charge >= 0.3 is 0 Å². The number of hydrogen-bond donors (Lipinski definition) is 1. The van der Waals surface area contributed by atoms with Gasteiger partial charge in [0.15, 0.2) is 0 Å². The molecule has 0 saturated carbocycles. The minimum absolute atomic E-state index is 0.0729. The average Bonchev–Trinajstić information content (AvgIpc) is 2.76. The number of nitrogens with zero attached hydrogens (tertiary/aromatic N) is 3. The van der Waals surface area contributed by atoms with E-state index in [9.17, 15) is 4.79 Å². The number of hydrogen-bond acceptors (Lipinski definition) is 5. The molecule has 6 heteroatoms. The summed E-state index contributed by atoms with van der Waals surface area (Å²) in [5.74, 6) is 0.798. The van der Waals surface area contributed by atoms with Crippen LogP contribution in [0.2, 0.25) is 0 Å². The van der Waals surface area contributed by atoms with Gasteiger partial charge in [-0.25, -0.2) is 9.97 Å². The van der Waals surface area contributed by atoms with Crippen LogP contribution < -0.4 is 5.32 Å². The van der Waals surface area contributed by atoms with Gasteiger partial charge in [0.1, 0.15) is 17.0 Å². The number of amides is 1. The molecule has 21 heavy (non-hydrogen) atoms. The van der Waals surface area contributed by atoms with Crippen LogP contribution in [0.15, 0.2) is 12.4 Å². The smallest absolute Gasteiger partial charge is 0.242 e. The second-order valence-electron chi connectivity index (χ2n) is 5.96. The van der Waals surface area contributed by atoms with E-state index in [0.717, 1.165) is 16.0 Å². The molecule has 0 saturated heterocycles. The van der Waals surface area contributed by atoms with Gasteiger partial charge in [-0.05, 0) is 40.7 Å². The van der Waals surface area contributed by atoms with Gasteiger partial charge in [-0.15, -0.1) is 11.3 Å². The van der Waals surface area contributed by atoms with Gasteiger partial charge in [-0.1, -0.05) is 0 Å². The summed E-state index contributed by atoms with van der Waals surface area (Å²) in [6.07, 6.45) is 1.53. The summed E-state index contributed by atoms with van der Waals surface area (Å²) < 4.78 is 0. The first-order valence-electron chi connectivity index (χ1n) is 7.08. The minimum Gasteiger partial charge on any atom is -0.360 e. The van der Waals surface area contributed by atoms with Gasteiger partial charge in [-0.3, -0.25) is 4.79 Å². The Kier molecular flexibility index (Phi) is 4.46. The van der Waals surface area contributed by atoms with Crippen molar-refractivity contribution in [1.29, 1.82) is 0 Å². The van der Waals surface area contributed by atoms with E-state index in [1.165, 1.54) is 11.2 Å². The number of likely N-dealkylation sites (N-methyl/N-ethyl adjacent to an activating group) is 1. The summed E-state index contributed by atoms with van der Waals surface area (Å²) in [5.41, 5.74) is -0.173. The molecule has 0 radical (unpaired) electrons. The Morgan fingerprint density at radius 2 is 2.10 bits per heavy atom. The van der Waals surface area contributed by atoms with Gasteiger partial charge in [0.2, 0.25) is 5.91 Å². The molecule has 0 fully saturated rings. The molecule has 0 aliphatic heterocycles. The highest BCUT2D eigenvalue weighted by Crippen LogP contribution is 2.27. The fourth-order valence-electron chi connectivity index (χ4n) is 2.40. The van der Waals surface area contributed by atoms with Gasteiger partial charge in [-0.2, -0.15) is 0 Å². The predicted molar refractivity (Wildman–Crippen MR) is 87.8 cm³/mol. The minimum atomic E-state index is -0.173. The molecule has 2 rings (SSSR count). The van der Waals surface area contributed by atoms with Crippen LogP contribution in [0, 0.1) is 6.92 Å². The van der Waals surface area contributed by atoms with E-state index in [1.54, 1.807) is 11.3 Å². The van der Waals surface area contributed by atoms with E-state index >= 15 is 0 Å². The largest absolute Gasteiger partial charge is 0.360 e. The second kappa shape index (κ2) is 5.97. The van der Waals surface area contributed by atoms with Gasteiger partial charge < -0.3 is 10.2 Å². The van der Waals surface area contributed by atoms with Gasteiger partial charge in [0, 0.05) is 17.0 Å². The highest BCUT2D eigenvalue weighted by molar-refractivity contribution is 7.18. The van der Waals surface area contributed by atoms with E-state index in [1.807, 2.05) is 45.6 Å². The number of rotatable bonds is 4. The Labute approximate surface area is 129 Å². The molecule has 1 amide bonds. The lowest BCUT2D eigenvalue weighted by molar-refractivity contribution is -0.133. The number of aromatic nitrogens is 2. The fourth-order valence-corrected chi connectivity index (χ4v) is 3.24. The average molecular weight is 306 g/mol. The second-order valence-corrected chi connectivity index (χ2v) is 7.20. The van der Waals surface area contributed by atoms with Crippen LogP contribution in [-0.4, -0.2) is 39.4 Å². The van der Waals surface area contributed by atoms with E-state index in [4.69, 9.17) is 0 Å². The van der Waals surface area contributed by atoms with Crippen LogP contribution in [0.25, 0.3) is 10.2 Å². The number of anilines is 1. The molecule has 2 aromatic rings. The Morgan fingerprint density at radius 1 is 1.38 bits per heavy atom. The molecule has 0 spiro atoms. The van der Waals surface area contributed by atoms with Crippen molar-refractivity contribution in [3.8, 4) is 0 Å². The number of nitrogens with one attached hydrogen (secondary N) is 1. The van der Waals surface area contributed by atoms with Crippen molar-refractivity contribution in [2.75, 3.05) is 18.4 Å². The molecule has 5 nitrogen and oxygen atoms in total. The summed E-state index contributed by atoms with van der Waals surface area (Å²) >= 11 is 1.63.